The van der Waals surface area contributed by atoms with Crippen molar-refractivity contribution in [1.82, 2.24) is 5.32 Å². The van der Waals surface area contributed by atoms with Gasteiger partial charge in [0.2, 0.25) is 0 Å². The first kappa shape index (κ1) is 31.7. The van der Waals surface area contributed by atoms with Crippen LogP contribution in [0, 0.1) is 6.92 Å². The molecule has 0 fully saturated rings. The molecule has 0 saturated heterocycles. The van der Waals surface area contributed by atoms with Gasteiger partial charge in [-0.3, -0.25) is 4.79 Å². The van der Waals surface area contributed by atoms with Crippen molar-refractivity contribution in [3.05, 3.63) is 95.1 Å². The second-order valence-electron chi connectivity index (χ2n) is 8.78. The molecule has 0 bridgehead atoms. The number of benzene rings is 2. The van der Waals surface area contributed by atoms with Crippen molar-refractivity contribution in [2.24, 2.45) is 0 Å². The average Bonchev–Trinajstić information content (AvgIpc) is 2.81. The topological polar surface area (TPSA) is 49.3 Å². The molecule has 0 unspecified atom stereocenters. The molecule has 0 aliphatic carbocycles. The van der Waals surface area contributed by atoms with Crippen LogP contribution in [0.2, 0.25) is 0 Å². The summed E-state index contributed by atoms with van der Waals surface area (Å²) >= 11 is 0. The van der Waals surface area contributed by atoms with Crippen LogP contribution >= 0.6 is 0 Å². The van der Waals surface area contributed by atoms with E-state index in [-0.39, 0.29) is 22.8 Å². The molecule has 12 heteroatoms. The Hall–Kier alpha value is -3.54. The van der Waals surface area contributed by atoms with Crippen molar-refractivity contribution in [1.29, 1.82) is 0 Å². The minimum absolute atomic E-state index is 0.0731. The summed E-state index contributed by atoms with van der Waals surface area (Å²) in [6.45, 7) is 7.28. The number of carbonyl (C=O) groups is 1. The summed E-state index contributed by atoms with van der Waals surface area (Å²) < 4.78 is 120. The van der Waals surface area contributed by atoms with Gasteiger partial charge < -0.3 is 10.4 Å². The van der Waals surface area contributed by atoms with E-state index in [0.29, 0.717) is 6.07 Å². The summed E-state index contributed by atoms with van der Waals surface area (Å²) in [4.78, 5) is 13.0. The summed E-state index contributed by atoms with van der Waals surface area (Å²) in [6.07, 6.45) is -14.1. The molecule has 0 aromatic heterocycles. The molecule has 39 heavy (non-hydrogen) atoms. The molecule has 212 valence electrons. The Morgan fingerprint density at radius 2 is 1.44 bits per heavy atom. The SMILES string of the molecule is C=C/C(=C\C=C(/C)C(F)(F)F)[C@@H](C)NC(=O)c1cc(-c2ccc(C)cc2)cc(C(O)(C(F)(F)F)C(F)(F)F)c1. The lowest BCUT2D eigenvalue weighted by atomic mass is 9.87. The van der Waals surface area contributed by atoms with Crippen LogP contribution in [0.15, 0.2) is 78.4 Å². The highest BCUT2D eigenvalue weighted by atomic mass is 19.4. The molecule has 0 heterocycles. The maximum atomic E-state index is 13.6. The summed E-state index contributed by atoms with van der Waals surface area (Å²) in [5.74, 6) is -1.14. The second-order valence-corrected chi connectivity index (χ2v) is 8.78. The van der Waals surface area contributed by atoms with Gasteiger partial charge in [0.05, 0.1) is 6.04 Å². The van der Waals surface area contributed by atoms with Crippen molar-refractivity contribution < 1.29 is 49.4 Å². The number of aliphatic hydroxyl groups is 1. The lowest BCUT2D eigenvalue weighted by Crippen LogP contribution is -2.54. The number of halogens is 9. The molecule has 3 nitrogen and oxygen atoms in total. The van der Waals surface area contributed by atoms with E-state index in [2.05, 4.69) is 11.9 Å². The van der Waals surface area contributed by atoms with Gasteiger partial charge in [0.25, 0.3) is 11.5 Å². The molecule has 2 N–H and O–H groups in total. The van der Waals surface area contributed by atoms with Crippen molar-refractivity contribution in [3.8, 4) is 11.1 Å². The van der Waals surface area contributed by atoms with Gasteiger partial charge in [-0.1, -0.05) is 54.6 Å². The first-order chi connectivity index (χ1) is 17.7. The lowest BCUT2D eigenvalue weighted by molar-refractivity contribution is -0.376. The maximum Gasteiger partial charge on any atom is 0.430 e. The standard InChI is InChI=1S/C27H24F9NO2/c1-5-18(11-8-16(3)25(28,29)30)17(4)37-23(38)21-12-20(19-9-6-15(2)7-10-19)13-22(14-21)24(39,26(31,32)33)27(34,35)36/h5-14,17,39H,1H2,2-4H3,(H,37,38)/b16-8+,18-11+/t17-/m1/s1. The number of hydrogen-bond donors (Lipinski definition) is 2. The van der Waals surface area contributed by atoms with Crippen molar-refractivity contribution in [3.63, 3.8) is 0 Å². The van der Waals surface area contributed by atoms with Gasteiger partial charge in [-0.15, -0.1) is 0 Å². The van der Waals surface area contributed by atoms with Crippen LogP contribution in [-0.2, 0) is 5.60 Å². The molecule has 1 atom stereocenters. The summed E-state index contributed by atoms with van der Waals surface area (Å²) in [5.41, 5.74) is -7.81. The maximum absolute atomic E-state index is 13.6. The minimum Gasteiger partial charge on any atom is -0.369 e. The van der Waals surface area contributed by atoms with E-state index in [1.165, 1.54) is 19.1 Å². The predicted octanol–water partition coefficient (Wildman–Crippen LogP) is 7.71. The van der Waals surface area contributed by atoms with Crippen LogP contribution in [0.5, 0.6) is 0 Å². The number of nitrogens with one attached hydrogen (secondary N) is 1. The Bertz CT molecular complexity index is 1250. The molecule has 1 amide bonds. The summed E-state index contributed by atoms with van der Waals surface area (Å²) in [5, 5.41) is 12.3. The van der Waals surface area contributed by atoms with E-state index in [4.69, 9.17) is 0 Å². The Kier molecular flexibility index (Phi) is 9.17. The van der Waals surface area contributed by atoms with E-state index in [0.717, 1.165) is 36.8 Å². The molecule has 0 aliphatic heterocycles. The number of rotatable bonds is 7. The van der Waals surface area contributed by atoms with E-state index in [1.54, 1.807) is 19.1 Å². The van der Waals surface area contributed by atoms with Crippen LogP contribution < -0.4 is 5.32 Å². The van der Waals surface area contributed by atoms with Gasteiger partial charge in [0.1, 0.15) is 0 Å². The fourth-order valence-electron chi connectivity index (χ4n) is 3.44. The minimum atomic E-state index is -6.19. The first-order valence-electron chi connectivity index (χ1n) is 11.2. The number of hydrogen-bond acceptors (Lipinski definition) is 2. The number of amides is 1. The van der Waals surface area contributed by atoms with E-state index >= 15 is 0 Å². The Morgan fingerprint density at radius 3 is 1.90 bits per heavy atom. The Balaban J connectivity index is 2.64. The summed E-state index contributed by atoms with van der Waals surface area (Å²) in [6, 6.07) is 6.65. The number of carbonyl (C=O) groups excluding carboxylic acids is 1. The zero-order valence-electron chi connectivity index (χ0n) is 20.8. The highest BCUT2D eigenvalue weighted by Gasteiger charge is 2.71. The average molecular weight is 565 g/mol. The lowest BCUT2D eigenvalue weighted by Gasteiger charge is -2.33. The molecular weight excluding hydrogens is 541 g/mol. The molecule has 0 aliphatic rings. The molecule has 0 saturated carbocycles. The smallest absolute Gasteiger partial charge is 0.369 e. The molecular formula is C27H24F9NO2. The predicted molar refractivity (Wildman–Crippen MR) is 128 cm³/mol. The zero-order chi connectivity index (χ0) is 30.0. The largest absolute Gasteiger partial charge is 0.430 e. The quantitative estimate of drug-likeness (QED) is 0.267. The summed E-state index contributed by atoms with van der Waals surface area (Å²) in [7, 11) is 0. The fraction of sp³-hybridized carbons (Fsp3) is 0.296. The zero-order valence-corrected chi connectivity index (χ0v) is 20.8. The third-order valence-corrected chi connectivity index (χ3v) is 5.87. The van der Waals surface area contributed by atoms with Gasteiger partial charge in [-0.25, -0.2) is 0 Å². The molecule has 2 aromatic carbocycles. The second kappa shape index (κ2) is 11.3. The Morgan fingerprint density at radius 1 is 0.897 bits per heavy atom. The van der Waals surface area contributed by atoms with Crippen LogP contribution in [-0.4, -0.2) is 35.6 Å². The van der Waals surface area contributed by atoms with Crippen LogP contribution in [0.4, 0.5) is 39.5 Å². The van der Waals surface area contributed by atoms with Crippen molar-refractivity contribution in [2.45, 2.75) is 50.9 Å². The number of alkyl halides is 9. The van der Waals surface area contributed by atoms with Crippen molar-refractivity contribution in [2.75, 3.05) is 0 Å². The first-order valence-corrected chi connectivity index (χ1v) is 11.2. The van der Waals surface area contributed by atoms with Gasteiger partial charge in [-0.2, -0.15) is 39.5 Å². The van der Waals surface area contributed by atoms with Crippen LogP contribution in [0.25, 0.3) is 11.1 Å². The van der Waals surface area contributed by atoms with E-state index in [9.17, 15) is 49.4 Å². The van der Waals surface area contributed by atoms with Crippen molar-refractivity contribution >= 4 is 5.91 Å². The van der Waals surface area contributed by atoms with E-state index in [1.807, 2.05) is 0 Å². The highest BCUT2D eigenvalue weighted by Crippen LogP contribution is 2.50. The van der Waals surface area contributed by atoms with Gasteiger partial charge in [-0.05, 0) is 55.7 Å². The number of allylic oxidation sites excluding steroid dienone is 3. The molecule has 0 radical (unpaired) electrons. The molecule has 2 rings (SSSR count). The van der Waals surface area contributed by atoms with Crippen LogP contribution in [0.1, 0.15) is 35.3 Å². The third kappa shape index (κ3) is 7.11. The Labute approximate surface area is 218 Å². The van der Waals surface area contributed by atoms with Gasteiger partial charge in [0.15, 0.2) is 0 Å². The normalized spacial score (nSPS) is 14.7. The van der Waals surface area contributed by atoms with Crippen LogP contribution in [0.3, 0.4) is 0 Å². The van der Waals surface area contributed by atoms with Gasteiger partial charge >= 0.3 is 18.5 Å². The third-order valence-electron chi connectivity index (χ3n) is 5.87. The molecule has 0 spiro atoms. The fourth-order valence-corrected chi connectivity index (χ4v) is 3.44. The number of aryl methyl sites for hydroxylation is 1. The highest BCUT2D eigenvalue weighted by molar-refractivity contribution is 5.96. The molecule has 2 aromatic rings. The van der Waals surface area contributed by atoms with E-state index < -0.39 is 52.8 Å². The monoisotopic (exact) mass is 565 g/mol. The van der Waals surface area contributed by atoms with Gasteiger partial charge in [0, 0.05) is 16.7 Å².